The number of nitrogens with zero attached hydrogens (tertiary/aromatic N) is 2. The standard InChI is InChI=1S/C16H19FN4OS/c1-11-10-23-15(18-11)20-16(22)21-8-6-12(7-9-21)19-14-5-3-2-4-13(14)17/h2-5,10,12,19H,6-9H2,1H3,(H,18,20,22). The fourth-order valence-electron chi connectivity index (χ4n) is 2.61. The summed E-state index contributed by atoms with van der Waals surface area (Å²) in [5.74, 6) is -0.244. The highest BCUT2D eigenvalue weighted by Gasteiger charge is 2.23. The largest absolute Gasteiger partial charge is 0.380 e. The zero-order valence-corrected chi connectivity index (χ0v) is 13.7. The van der Waals surface area contributed by atoms with E-state index in [1.165, 1.54) is 17.4 Å². The van der Waals surface area contributed by atoms with Crippen molar-refractivity contribution in [2.24, 2.45) is 0 Å². The molecule has 1 fully saturated rings. The molecule has 0 aliphatic carbocycles. The highest BCUT2D eigenvalue weighted by molar-refractivity contribution is 7.13. The van der Waals surface area contributed by atoms with Crippen molar-refractivity contribution >= 4 is 28.2 Å². The van der Waals surface area contributed by atoms with Crippen molar-refractivity contribution in [2.45, 2.75) is 25.8 Å². The molecule has 0 atom stereocenters. The van der Waals surface area contributed by atoms with E-state index in [0.717, 1.165) is 18.5 Å². The lowest BCUT2D eigenvalue weighted by Crippen LogP contribution is -2.44. The van der Waals surface area contributed by atoms with E-state index >= 15 is 0 Å². The normalized spacial score (nSPS) is 15.5. The molecular formula is C16H19FN4OS. The van der Waals surface area contributed by atoms with Crippen LogP contribution in [0.25, 0.3) is 0 Å². The molecule has 2 N–H and O–H groups in total. The number of aromatic nitrogens is 1. The summed E-state index contributed by atoms with van der Waals surface area (Å²) < 4.78 is 13.7. The van der Waals surface area contributed by atoms with E-state index in [1.54, 1.807) is 17.0 Å². The van der Waals surface area contributed by atoms with Crippen LogP contribution in [0.3, 0.4) is 0 Å². The number of nitrogens with one attached hydrogen (secondary N) is 2. The van der Waals surface area contributed by atoms with Crippen molar-refractivity contribution in [3.8, 4) is 0 Å². The van der Waals surface area contributed by atoms with Gasteiger partial charge in [0.25, 0.3) is 0 Å². The second-order valence-electron chi connectivity index (χ2n) is 5.61. The summed E-state index contributed by atoms with van der Waals surface area (Å²) in [6.07, 6.45) is 1.58. The third kappa shape index (κ3) is 3.98. The van der Waals surface area contributed by atoms with Crippen LogP contribution in [-0.2, 0) is 0 Å². The Hall–Kier alpha value is -2.15. The van der Waals surface area contributed by atoms with Gasteiger partial charge in [-0.1, -0.05) is 12.1 Å². The van der Waals surface area contributed by atoms with Gasteiger partial charge in [-0.2, -0.15) is 0 Å². The lowest BCUT2D eigenvalue weighted by atomic mass is 10.0. The fraction of sp³-hybridized carbons (Fsp3) is 0.375. The van der Waals surface area contributed by atoms with Crippen molar-refractivity contribution in [2.75, 3.05) is 23.7 Å². The molecule has 122 valence electrons. The molecule has 0 unspecified atom stereocenters. The van der Waals surface area contributed by atoms with Gasteiger partial charge in [-0.15, -0.1) is 11.3 Å². The second-order valence-corrected chi connectivity index (χ2v) is 6.47. The number of hydrogen-bond donors (Lipinski definition) is 2. The zero-order valence-electron chi connectivity index (χ0n) is 12.9. The van der Waals surface area contributed by atoms with Gasteiger partial charge in [-0.25, -0.2) is 14.2 Å². The van der Waals surface area contributed by atoms with Gasteiger partial charge >= 0.3 is 6.03 Å². The topological polar surface area (TPSA) is 57.3 Å². The molecular weight excluding hydrogens is 315 g/mol. The van der Waals surface area contributed by atoms with E-state index in [9.17, 15) is 9.18 Å². The molecule has 5 nitrogen and oxygen atoms in total. The van der Waals surface area contributed by atoms with Crippen molar-refractivity contribution in [1.29, 1.82) is 0 Å². The van der Waals surface area contributed by atoms with E-state index in [1.807, 2.05) is 18.4 Å². The highest BCUT2D eigenvalue weighted by atomic mass is 32.1. The number of hydrogen-bond acceptors (Lipinski definition) is 4. The number of para-hydroxylation sites is 1. The fourth-order valence-corrected chi connectivity index (χ4v) is 3.28. The molecule has 2 aromatic rings. The summed E-state index contributed by atoms with van der Waals surface area (Å²) in [6, 6.07) is 6.72. The van der Waals surface area contributed by atoms with Gasteiger partial charge in [0.05, 0.1) is 11.4 Å². The van der Waals surface area contributed by atoms with Gasteiger partial charge in [-0.3, -0.25) is 5.32 Å². The smallest absolute Gasteiger partial charge is 0.323 e. The van der Waals surface area contributed by atoms with Gasteiger partial charge in [0.2, 0.25) is 0 Å². The number of anilines is 2. The minimum Gasteiger partial charge on any atom is -0.380 e. The molecule has 1 aliphatic rings. The Morgan fingerprint density at radius 1 is 1.35 bits per heavy atom. The zero-order chi connectivity index (χ0) is 16.2. The van der Waals surface area contributed by atoms with Crippen LogP contribution in [0.15, 0.2) is 29.6 Å². The lowest BCUT2D eigenvalue weighted by molar-refractivity contribution is 0.197. The number of thiazole rings is 1. The molecule has 1 saturated heterocycles. The lowest BCUT2D eigenvalue weighted by Gasteiger charge is -2.32. The number of aryl methyl sites for hydroxylation is 1. The van der Waals surface area contributed by atoms with Gasteiger partial charge in [0.15, 0.2) is 5.13 Å². The van der Waals surface area contributed by atoms with E-state index in [4.69, 9.17) is 0 Å². The molecule has 7 heteroatoms. The first-order valence-corrected chi connectivity index (χ1v) is 8.49. The number of urea groups is 1. The molecule has 2 amide bonds. The Balaban J connectivity index is 1.50. The molecule has 1 aromatic carbocycles. The third-order valence-corrected chi connectivity index (χ3v) is 4.72. The molecule has 0 radical (unpaired) electrons. The molecule has 1 aliphatic heterocycles. The Labute approximate surface area is 138 Å². The monoisotopic (exact) mass is 334 g/mol. The Bertz CT molecular complexity index is 682. The molecule has 0 spiro atoms. The number of rotatable bonds is 3. The summed E-state index contributed by atoms with van der Waals surface area (Å²) in [6.45, 7) is 3.18. The number of piperidine rings is 1. The van der Waals surface area contributed by atoms with E-state index < -0.39 is 0 Å². The summed E-state index contributed by atoms with van der Waals surface area (Å²) in [5, 5.41) is 8.57. The van der Waals surface area contributed by atoms with Crippen molar-refractivity contribution in [3.63, 3.8) is 0 Å². The van der Waals surface area contributed by atoms with Crippen LogP contribution in [0.4, 0.5) is 20.0 Å². The number of benzene rings is 1. The average Bonchev–Trinajstić information content (AvgIpc) is 2.95. The number of likely N-dealkylation sites (tertiary alicyclic amines) is 1. The number of halogens is 1. The molecule has 0 saturated carbocycles. The van der Waals surface area contributed by atoms with Crippen LogP contribution in [-0.4, -0.2) is 35.0 Å². The van der Waals surface area contributed by atoms with Gasteiger partial charge in [-0.05, 0) is 31.9 Å². The van der Waals surface area contributed by atoms with Crippen LogP contribution in [0.1, 0.15) is 18.5 Å². The predicted octanol–water partition coefficient (Wildman–Crippen LogP) is 3.70. The van der Waals surface area contributed by atoms with Gasteiger partial charge < -0.3 is 10.2 Å². The summed E-state index contributed by atoms with van der Waals surface area (Å²) in [7, 11) is 0. The van der Waals surface area contributed by atoms with Crippen LogP contribution in [0.2, 0.25) is 0 Å². The van der Waals surface area contributed by atoms with Crippen LogP contribution in [0.5, 0.6) is 0 Å². The molecule has 1 aromatic heterocycles. The summed E-state index contributed by atoms with van der Waals surface area (Å²) in [4.78, 5) is 18.2. The molecule has 23 heavy (non-hydrogen) atoms. The molecule has 0 bridgehead atoms. The van der Waals surface area contributed by atoms with E-state index in [0.29, 0.717) is 23.9 Å². The highest BCUT2D eigenvalue weighted by Crippen LogP contribution is 2.20. The first-order valence-electron chi connectivity index (χ1n) is 7.61. The third-order valence-electron chi connectivity index (χ3n) is 3.85. The van der Waals surface area contributed by atoms with Gasteiger partial charge in [0.1, 0.15) is 5.82 Å². The first kappa shape index (κ1) is 15.7. The maximum Gasteiger partial charge on any atom is 0.323 e. The quantitative estimate of drug-likeness (QED) is 0.900. The second kappa shape index (κ2) is 6.95. The van der Waals surface area contributed by atoms with Crippen molar-refractivity contribution < 1.29 is 9.18 Å². The molecule has 3 rings (SSSR count). The Morgan fingerprint density at radius 2 is 2.09 bits per heavy atom. The summed E-state index contributed by atoms with van der Waals surface area (Å²) in [5.41, 5.74) is 1.42. The van der Waals surface area contributed by atoms with Crippen LogP contribution in [0, 0.1) is 12.7 Å². The van der Waals surface area contributed by atoms with Crippen LogP contribution < -0.4 is 10.6 Å². The van der Waals surface area contributed by atoms with Crippen molar-refractivity contribution in [3.05, 3.63) is 41.2 Å². The molecule has 2 heterocycles. The maximum atomic E-state index is 13.7. The number of carbonyl (C=O) groups excluding carboxylic acids is 1. The van der Waals surface area contributed by atoms with Crippen molar-refractivity contribution in [1.82, 2.24) is 9.88 Å². The minimum absolute atomic E-state index is 0.122. The maximum absolute atomic E-state index is 13.7. The SMILES string of the molecule is Cc1csc(NC(=O)N2CCC(Nc3ccccc3F)CC2)n1. The van der Waals surface area contributed by atoms with Crippen LogP contribution >= 0.6 is 11.3 Å². The first-order chi connectivity index (χ1) is 11.1. The Morgan fingerprint density at radius 3 is 2.74 bits per heavy atom. The summed E-state index contributed by atoms with van der Waals surface area (Å²) >= 11 is 1.42. The predicted molar refractivity (Wildman–Crippen MR) is 90.5 cm³/mol. The van der Waals surface area contributed by atoms with Gasteiger partial charge in [0, 0.05) is 24.5 Å². The number of amides is 2. The minimum atomic E-state index is -0.244. The van der Waals surface area contributed by atoms with E-state index in [2.05, 4.69) is 15.6 Å². The average molecular weight is 334 g/mol. The number of carbonyl (C=O) groups is 1. The van der Waals surface area contributed by atoms with E-state index in [-0.39, 0.29) is 17.9 Å². The Kier molecular flexibility index (Phi) is 4.76.